The maximum atomic E-state index is 12.3. The Morgan fingerprint density at radius 2 is 1.27 bits per heavy atom. The minimum Gasteiger partial charge on any atom is -0.481 e. The van der Waals surface area contributed by atoms with Gasteiger partial charge in [0.15, 0.2) is 0 Å². The van der Waals surface area contributed by atoms with Gasteiger partial charge in [0.05, 0.1) is 30.3 Å². The van der Waals surface area contributed by atoms with Crippen molar-refractivity contribution in [1.82, 2.24) is 0 Å². The summed E-state index contributed by atoms with van der Waals surface area (Å²) in [6.07, 6.45) is 2.90. The van der Waals surface area contributed by atoms with E-state index in [1.165, 1.54) is 0 Å². The van der Waals surface area contributed by atoms with Crippen LogP contribution in [0.25, 0.3) is 0 Å². The lowest BCUT2D eigenvalue weighted by atomic mass is 9.68. The summed E-state index contributed by atoms with van der Waals surface area (Å²) in [6.45, 7) is 4.40. The molecule has 26 heavy (non-hydrogen) atoms. The zero-order valence-corrected chi connectivity index (χ0v) is 15.2. The van der Waals surface area contributed by atoms with Gasteiger partial charge < -0.3 is 20.1 Å². The van der Waals surface area contributed by atoms with E-state index in [0.717, 1.165) is 19.3 Å². The number of carbonyl (C=O) groups excluding carboxylic acids is 1. The monoisotopic (exact) mass is 372 g/mol. The van der Waals surface area contributed by atoms with E-state index in [4.69, 9.17) is 4.74 Å². The molecular formula is C18H28O8. The highest BCUT2D eigenvalue weighted by Gasteiger charge is 2.49. The topological polar surface area (TPSA) is 138 Å². The van der Waals surface area contributed by atoms with Crippen molar-refractivity contribution in [3.63, 3.8) is 0 Å². The van der Waals surface area contributed by atoms with E-state index in [1.54, 1.807) is 0 Å². The normalized spacial score (nSPS) is 25.7. The summed E-state index contributed by atoms with van der Waals surface area (Å²) in [6, 6.07) is 0. The fourth-order valence-electron chi connectivity index (χ4n) is 3.39. The molecule has 0 saturated heterocycles. The lowest BCUT2D eigenvalue weighted by Gasteiger charge is -2.34. The summed E-state index contributed by atoms with van der Waals surface area (Å²) in [4.78, 5) is 46.3. The SMILES string of the molecule is CC(C)CCCCCOC(=O)C1CC(C(=O)O)C(C(=O)O)CC1C(=O)O. The molecule has 0 aromatic heterocycles. The van der Waals surface area contributed by atoms with Crippen LogP contribution < -0.4 is 0 Å². The molecule has 0 radical (unpaired) electrons. The van der Waals surface area contributed by atoms with Crippen LogP contribution in [0.3, 0.4) is 0 Å². The zero-order chi connectivity index (χ0) is 19.9. The molecule has 1 aliphatic rings. The lowest BCUT2D eigenvalue weighted by molar-refractivity contribution is -0.170. The van der Waals surface area contributed by atoms with E-state index in [-0.39, 0.29) is 13.0 Å². The second-order valence-corrected chi connectivity index (χ2v) is 7.32. The van der Waals surface area contributed by atoms with Gasteiger partial charge in [-0.05, 0) is 25.2 Å². The third-order valence-electron chi connectivity index (χ3n) is 4.91. The molecule has 1 rings (SSSR count). The van der Waals surface area contributed by atoms with Gasteiger partial charge in [-0.25, -0.2) is 0 Å². The van der Waals surface area contributed by atoms with Crippen LogP contribution in [0.2, 0.25) is 0 Å². The van der Waals surface area contributed by atoms with Crippen LogP contribution in [0.15, 0.2) is 0 Å². The molecule has 1 aliphatic carbocycles. The molecular weight excluding hydrogens is 344 g/mol. The quantitative estimate of drug-likeness (QED) is 0.392. The standard InChI is InChI=1S/C18H28O8/c1-10(2)6-4-3-5-7-26-18(25)14-9-12(16(21)22)11(15(19)20)8-13(14)17(23)24/h10-14H,3-9H2,1-2H3,(H,19,20)(H,21,22)(H,23,24). The first-order valence-corrected chi connectivity index (χ1v) is 9.00. The number of ether oxygens (including phenoxy) is 1. The van der Waals surface area contributed by atoms with Crippen molar-refractivity contribution in [2.75, 3.05) is 6.61 Å². The third kappa shape index (κ3) is 6.31. The third-order valence-corrected chi connectivity index (χ3v) is 4.91. The molecule has 0 aromatic carbocycles. The number of carboxylic acid groups (broad SMARTS) is 3. The van der Waals surface area contributed by atoms with Crippen LogP contribution >= 0.6 is 0 Å². The maximum Gasteiger partial charge on any atom is 0.309 e. The highest BCUT2D eigenvalue weighted by atomic mass is 16.5. The summed E-state index contributed by atoms with van der Waals surface area (Å²) >= 11 is 0. The molecule has 0 bridgehead atoms. The van der Waals surface area contributed by atoms with E-state index in [1.807, 2.05) is 0 Å². The molecule has 1 saturated carbocycles. The Balaban J connectivity index is 2.65. The predicted molar refractivity (Wildman–Crippen MR) is 90.4 cm³/mol. The van der Waals surface area contributed by atoms with Crippen molar-refractivity contribution in [2.24, 2.45) is 29.6 Å². The van der Waals surface area contributed by atoms with Crippen LogP contribution in [0, 0.1) is 29.6 Å². The first kappa shape index (κ1) is 21.9. The molecule has 0 aromatic rings. The minimum absolute atomic E-state index is 0.153. The van der Waals surface area contributed by atoms with Gasteiger partial charge in [-0.15, -0.1) is 0 Å². The second kappa shape index (κ2) is 10.1. The second-order valence-electron chi connectivity index (χ2n) is 7.32. The largest absolute Gasteiger partial charge is 0.481 e. The Labute approximate surface area is 152 Å². The number of unbranched alkanes of at least 4 members (excludes halogenated alkanes) is 2. The average molecular weight is 372 g/mol. The molecule has 3 N–H and O–H groups in total. The summed E-state index contributed by atoms with van der Waals surface area (Å²) in [5.74, 6) is -9.17. The highest BCUT2D eigenvalue weighted by Crippen LogP contribution is 2.39. The van der Waals surface area contributed by atoms with Crippen LogP contribution in [0.5, 0.6) is 0 Å². The van der Waals surface area contributed by atoms with Crippen LogP contribution in [0.1, 0.15) is 52.4 Å². The Bertz CT molecular complexity index is 527. The van der Waals surface area contributed by atoms with Gasteiger partial charge in [-0.3, -0.25) is 19.2 Å². The predicted octanol–water partition coefficient (Wildman–Crippen LogP) is 2.26. The number of rotatable bonds is 10. The van der Waals surface area contributed by atoms with Crippen molar-refractivity contribution in [3.05, 3.63) is 0 Å². The minimum atomic E-state index is -1.36. The molecule has 0 aliphatic heterocycles. The average Bonchev–Trinajstić information content (AvgIpc) is 2.55. The number of carboxylic acids is 3. The number of carbonyl (C=O) groups is 4. The maximum absolute atomic E-state index is 12.3. The molecule has 4 unspecified atom stereocenters. The van der Waals surface area contributed by atoms with Crippen molar-refractivity contribution in [2.45, 2.75) is 52.4 Å². The fourth-order valence-corrected chi connectivity index (χ4v) is 3.39. The Kier molecular flexibility index (Phi) is 8.54. The number of hydrogen-bond donors (Lipinski definition) is 3. The van der Waals surface area contributed by atoms with Crippen molar-refractivity contribution in [3.8, 4) is 0 Å². The van der Waals surface area contributed by atoms with Gasteiger partial charge in [0.25, 0.3) is 0 Å². The lowest BCUT2D eigenvalue weighted by Crippen LogP contribution is -2.45. The van der Waals surface area contributed by atoms with Crippen molar-refractivity contribution >= 4 is 23.9 Å². The summed E-state index contributed by atoms with van der Waals surface area (Å²) < 4.78 is 5.15. The molecule has 4 atom stereocenters. The molecule has 0 amide bonds. The summed E-state index contributed by atoms with van der Waals surface area (Å²) in [5, 5.41) is 27.7. The fraction of sp³-hybridized carbons (Fsp3) is 0.778. The van der Waals surface area contributed by atoms with Gasteiger partial charge in [0.2, 0.25) is 0 Å². The molecule has 0 spiro atoms. The number of esters is 1. The first-order chi connectivity index (χ1) is 12.1. The van der Waals surface area contributed by atoms with E-state index in [9.17, 15) is 34.5 Å². The smallest absolute Gasteiger partial charge is 0.309 e. The van der Waals surface area contributed by atoms with Gasteiger partial charge in [0, 0.05) is 0 Å². The molecule has 1 fully saturated rings. The zero-order valence-electron chi connectivity index (χ0n) is 15.2. The van der Waals surface area contributed by atoms with Crippen molar-refractivity contribution in [1.29, 1.82) is 0 Å². The Morgan fingerprint density at radius 3 is 1.73 bits per heavy atom. The van der Waals surface area contributed by atoms with E-state index < -0.39 is 54.0 Å². The molecule has 148 valence electrons. The van der Waals surface area contributed by atoms with Crippen LogP contribution in [0.4, 0.5) is 0 Å². The number of hydrogen-bond acceptors (Lipinski definition) is 5. The van der Waals surface area contributed by atoms with E-state index >= 15 is 0 Å². The first-order valence-electron chi connectivity index (χ1n) is 9.00. The summed E-state index contributed by atoms with van der Waals surface area (Å²) in [5.41, 5.74) is 0. The van der Waals surface area contributed by atoms with Gasteiger partial charge >= 0.3 is 23.9 Å². The van der Waals surface area contributed by atoms with Gasteiger partial charge in [-0.1, -0.05) is 33.1 Å². The van der Waals surface area contributed by atoms with Crippen LogP contribution in [-0.4, -0.2) is 45.8 Å². The molecule has 8 nitrogen and oxygen atoms in total. The van der Waals surface area contributed by atoms with Crippen LogP contribution in [-0.2, 0) is 23.9 Å². The van der Waals surface area contributed by atoms with Gasteiger partial charge in [0.1, 0.15) is 0 Å². The Hall–Kier alpha value is -2.12. The molecule has 0 heterocycles. The van der Waals surface area contributed by atoms with E-state index in [0.29, 0.717) is 12.3 Å². The number of aliphatic carboxylic acids is 3. The highest BCUT2D eigenvalue weighted by molar-refractivity contribution is 5.86. The summed E-state index contributed by atoms with van der Waals surface area (Å²) in [7, 11) is 0. The van der Waals surface area contributed by atoms with E-state index in [2.05, 4.69) is 13.8 Å². The molecule has 8 heteroatoms. The van der Waals surface area contributed by atoms with Crippen molar-refractivity contribution < 1.29 is 39.2 Å². The Morgan fingerprint density at radius 1 is 0.808 bits per heavy atom. The van der Waals surface area contributed by atoms with Gasteiger partial charge in [-0.2, -0.15) is 0 Å².